The van der Waals surface area contributed by atoms with E-state index in [1.807, 2.05) is 48.5 Å². The molecule has 0 atom stereocenters. The molecule has 5 rings (SSSR count). The minimum atomic E-state index is -0.461. The van der Waals surface area contributed by atoms with E-state index in [9.17, 15) is 9.59 Å². The number of anilines is 1. The number of aromatic nitrogens is 2. The molecule has 2 aromatic heterocycles. The van der Waals surface area contributed by atoms with Gasteiger partial charge in [0.15, 0.2) is 0 Å². The topological polar surface area (TPSA) is 144 Å². The van der Waals surface area contributed by atoms with Crippen molar-refractivity contribution >= 4 is 67.4 Å². The first-order valence-corrected chi connectivity index (χ1v) is 11.7. The van der Waals surface area contributed by atoms with E-state index in [1.165, 1.54) is 0 Å². The van der Waals surface area contributed by atoms with Gasteiger partial charge in [0.05, 0.1) is 22.2 Å². The Hall–Kier alpha value is -4.56. The monoisotopic (exact) mass is 541 g/mol. The van der Waals surface area contributed by atoms with Crippen LogP contribution in [0.1, 0.15) is 32.1 Å². The summed E-state index contributed by atoms with van der Waals surface area (Å²) in [5.74, 6) is -0.901. The van der Waals surface area contributed by atoms with Gasteiger partial charge in [0, 0.05) is 32.3 Å². The normalized spacial score (nSPS) is 10.6. The van der Waals surface area contributed by atoms with Crippen LogP contribution in [0.2, 0.25) is 0 Å². The molecule has 3 aromatic carbocycles. The standard InChI is InChI=1S/C17H15N3O.C11H9BrN2O/c1-2-12-9-15-13(10-4-3-5-11(18)8-10)6-7-14(17(19)21)16(15)20-12;1-2-6-5-8-9(12)4-3-7(11(13)15)10(8)14-6/h2-9,20H,1,18H2,(H2,19,21);2-5,14H,1H2,(H2,13,15). The summed E-state index contributed by atoms with van der Waals surface area (Å²) in [6, 6.07) is 18.6. The Balaban J connectivity index is 0.000000179. The van der Waals surface area contributed by atoms with E-state index in [2.05, 4.69) is 39.1 Å². The summed E-state index contributed by atoms with van der Waals surface area (Å²) in [4.78, 5) is 29.0. The average Bonchev–Trinajstić information content (AvgIpc) is 3.49. The van der Waals surface area contributed by atoms with Crippen molar-refractivity contribution in [3.63, 3.8) is 0 Å². The molecule has 0 saturated carbocycles. The largest absolute Gasteiger partial charge is 0.399 e. The van der Waals surface area contributed by atoms with Gasteiger partial charge in [-0.25, -0.2) is 0 Å². The van der Waals surface area contributed by atoms with Crippen molar-refractivity contribution in [2.24, 2.45) is 11.5 Å². The number of fused-ring (bicyclic) bond motifs is 2. The summed E-state index contributed by atoms with van der Waals surface area (Å²) < 4.78 is 0.923. The van der Waals surface area contributed by atoms with Gasteiger partial charge in [-0.05, 0) is 65.7 Å². The number of primary amides is 2. The highest BCUT2D eigenvalue weighted by atomic mass is 79.9. The SMILES string of the molecule is C=Cc1cc2c(-c3cccc(N)c3)ccc(C(N)=O)c2[nH]1.C=Cc1cc2c(Br)ccc(C(N)=O)c2[nH]1. The Morgan fingerprint density at radius 2 is 1.33 bits per heavy atom. The molecule has 0 bridgehead atoms. The van der Waals surface area contributed by atoms with Crippen molar-refractivity contribution in [3.8, 4) is 11.1 Å². The molecule has 0 radical (unpaired) electrons. The fourth-order valence-electron chi connectivity index (χ4n) is 4.03. The predicted octanol–water partition coefficient (Wildman–Crippen LogP) is 5.83. The number of rotatable bonds is 5. The molecule has 7 nitrogen and oxygen atoms in total. The third-order valence-electron chi connectivity index (χ3n) is 5.74. The number of nitrogens with two attached hydrogens (primary N) is 3. The molecule has 2 heterocycles. The van der Waals surface area contributed by atoms with E-state index in [-0.39, 0.29) is 0 Å². The lowest BCUT2D eigenvalue weighted by molar-refractivity contribution is 0.0993. The zero-order valence-electron chi connectivity index (χ0n) is 19.3. The lowest BCUT2D eigenvalue weighted by Gasteiger charge is -2.07. The van der Waals surface area contributed by atoms with E-state index in [0.717, 1.165) is 48.8 Å². The van der Waals surface area contributed by atoms with Crippen molar-refractivity contribution in [1.29, 1.82) is 0 Å². The zero-order valence-corrected chi connectivity index (χ0v) is 20.9. The maximum atomic E-state index is 11.6. The van der Waals surface area contributed by atoms with Crippen LogP contribution in [0.4, 0.5) is 5.69 Å². The molecule has 0 aliphatic rings. The molecule has 0 aliphatic heterocycles. The molecule has 0 spiro atoms. The number of nitrogens with one attached hydrogen (secondary N) is 2. The minimum Gasteiger partial charge on any atom is -0.399 e. The number of hydrogen-bond acceptors (Lipinski definition) is 3. The molecule has 2 amide bonds. The smallest absolute Gasteiger partial charge is 0.250 e. The molecule has 36 heavy (non-hydrogen) atoms. The lowest BCUT2D eigenvalue weighted by atomic mass is 9.98. The zero-order chi connectivity index (χ0) is 26.0. The highest BCUT2D eigenvalue weighted by molar-refractivity contribution is 9.10. The molecule has 8 N–H and O–H groups in total. The number of aromatic amines is 2. The molecule has 8 heteroatoms. The molecule has 0 saturated heterocycles. The summed E-state index contributed by atoms with van der Waals surface area (Å²) in [5, 5.41) is 1.85. The fraction of sp³-hybridized carbons (Fsp3) is 0. The Morgan fingerprint density at radius 1 is 0.778 bits per heavy atom. The maximum absolute atomic E-state index is 11.6. The van der Waals surface area contributed by atoms with Crippen LogP contribution in [0.25, 0.3) is 45.1 Å². The first kappa shape index (κ1) is 24.6. The average molecular weight is 542 g/mol. The Labute approximate surface area is 215 Å². The molecule has 180 valence electrons. The van der Waals surface area contributed by atoms with Gasteiger partial charge in [-0.15, -0.1) is 0 Å². The van der Waals surface area contributed by atoms with Crippen molar-refractivity contribution in [3.05, 3.63) is 101 Å². The molecule has 0 fully saturated rings. The summed E-state index contributed by atoms with van der Waals surface area (Å²) >= 11 is 3.42. The summed E-state index contributed by atoms with van der Waals surface area (Å²) in [5.41, 5.74) is 23.4. The first-order chi connectivity index (χ1) is 17.2. The first-order valence-electron chi connectivity index (χ1n) is 10.9. The highest BCUT2D eigenvalue weighted by Crippen LogP contribution is 2.32. The van der Waals surface area contributed by atoms with Crippen molar-refractivity contribution in [2.45, 2.75) is 0 Å². The van der Waals surface area contributed by atoms with Gasteiger partial charge in [-0.2, -0.15) is 0 Å². The van der Waals surface area contributed by atoms with Gasteiger partial charge < -0.3 is 27.2 Å². The van der Waals surface area contributed by atoms with E-state index < -0.39 is 11.8 Å². The van der Waals surface area contributed by atoms with Crippen molar-refractivity contribution < 1.29 is 9.59 Å². The Bertz CT molecular complexity index is 1660. The third kappa shape index (κ3) is 4.67. The molecule has 0 unspecified atom stereocenters. The number of carbonyl (C=O) groups excluding carboxylic acids is 2. The van der Waals surface area contributed by atoms with Gasteiger partial charge in [0.2, 0.25) is 0 Å². The fourth-order valence-corrected chi connectivity index (χ4v) is 4.48. The maximum Gasteiger partial charge on any atom is 0.250 e. The van der Waals surface area contributed by atoms with Crippen LogP contribution in [0.5, 0.6) is 0 Å². The quantitative estimate of drug-likeness (QED) is 0.178. The van der Waals surface area contributed by atoms with Crippen LogP contribution in [0.15, 0.2) is 78.3 Å². The number of nitrogen functional groups attached to an aromatic ring is 1. The van der Waals surface area contributed by atoms with E-state index in [0.29, 0.717) is 16.8 Å². The van der Waals surface area contributed by atoms with Crippen LogP contribution in [-0.4, -0.2) is 21.8 Å². The van der Waals surface area contributed by atoms with Gasteiger partial charge in [0.25, 0.3) is 11.8 Å². The number of halogens is 1. The third-order valence-corrected chi connectivity index (χ3v) is 6.44. The molecular formula is C28H24BrN5O2. The second-order valence-electron chi connectivity index (χ2n) is 8.04. The number of carbonyl (C=O) groups is 2. The number of amides is 2. The molecule has 5 aromatic rings. The Kier molecular flexibility index (Phi) is 6.80. The van der Waals surface area contributed by atoms with Crippen molar-refractivity contribution in [2.75, 3.05) is 5.73 Å². The second kappa shape index (κ2) is 9.97. The molecule has 0 aliphatic carbocycles. The van der Waals surface area contributed by atoms with Crippen LogP contribution in [0, 0.1) is 0 Å². The van der Waals surface area contributed by atoms with Crippen molar-refractivity contribution in [1.82, 2.24) is 9.97 Å². The summed E-state index contributed by atoms with van der Waals surface area (Å²) in [6.07, 6.45) is 3.39. The van der Waals surface area contributed by atoms with E-state index in [1.54, 1.807) is 24.3 Å². The predicted molar refractivity (Wildman–Crippen MR) is 151 cm³/mol. The summed E-state index contributed by atoms with van der Waals surface area (Å²) in [6.45, 7) is 7.42. The van der Waals surface area contributed by atoms with Gasteiger partial charge in [-0.1, -0.05) is 47.3 Å². The van der Waals surface area contributed by atoms with Crippen LogP contribution < -0.4 is 17.2 Å². The summed E-state index contributed by atoms with van der Waals surface area (Å²) in [7, 11) is 0. The van der Waals surface area contributed by atoms with Gasteiger partial charge in [0.1, 0.15) is 0 Å². The lowest BCUT2D eigenvalue weighted by Crippen LogP contribution is -2.11. The number of H-pyrrole nitrogens is 2. The van der Waals surface area contributed by atoms with E-state index >= 15 is 0 Å². The van der Waals surface area contributed by atoms with Crippen LogP contribution in [0.3, 0.4) is 0 Å². The number of benzene rings is 3. The Morgan fingerprint density at radius 3 is 1.89 bits per heavy atom. The van der Waals surface area contributed by atoms with Gasteiger partial charge >= 0.3 is 0 Å². The minimum absolute atomic E-state index is 0.440. The van der Waals surface area contributed by atoms with Crippen LogP contribution in [-0.2, 0) is 0 Å². The van der Waals surface area contributed by atoms with Gasteiger partial charge in [-0.3, -0.25) is 9.59 Å². The second-order valence-corrected chi connectivity index (χ2v) is 8.90. The molecular weight excluding hydrogens is 518 g/mol. The van der Waals surface area contributed by atoms with E-state index in [4.69, 9.17) is 17.2 Å². The van der Waals surface area contributed by atoms with Crippen LogP contribution >= 0.6 is 15.9 Å². The highest BCUT2D eigenvalue weighted by Gasteiger charge is 2.14. The number of hydrogen-bond donors (Lipinski definition) is 5.